The van der Waals surface area contributed by atoms with Crippen LogP contribution in [0.1, 0.15) is 35.0 Å². The van der Waals surface area contributed by atoms with E-state index in [0.29, 0.717) is 11.6 Å². The molecule has 1 nitrogen and oxygen atoms in total. The molecule has 3 unspecified atom stereocenters. The Morgan fingerprint density at radius 1 is 1.07 bits per heavy atom. The molecular formula is C22H19Cl2OPZr. The summed E-state index contributed by atoms with van der Waals surface area (Å²) in [6, 6.07) is 11.0. The van der Waals surface area contributed by atoms with E-state index in [1.54, 1.807) is 16.9 Å². The molecule has 0 saturated heterocycles. The number of fused-ring (bicyclic) bond motifs is 2. The first-order valence-corrected chi connectivity index (χ1v) is 9.85. The van der Waals surface area contributed by atoms with Crippen LogP contribution in [0.25, 0.3) is 11.6 Å². The van der Waals surface area contributed by atoms with Gasteiger partial charge in [0.05, 0.1) is 6.26 Å². The van der Waals surface area contributed by atoms with Crippen molar-refractivity contribution in [2.75, 3.05) is 0 Å². The molecule has 1 aromatic heterocycles. The summed E-state index contributed by atoms with van der Waals surface area (Å²) in [7, 11) is -0.357. The molecular weight excluding hydrogens is 473 g/mol. The van der Waals surface area contributed by atoms with Gasteiger partial charge in [-0.3, -0.25) is 0 Å². The van der Waals surface area contributed by atoms with Crippen LogP contribution in [0.5, 0.6) is 0 Å². The summed E-state index contributed by atoms with van der Waals surface area (Å²) < 4.78 is 5.80. The fraction of sp³-hybridized carbons (Fsp3) is 0.182. The van der Waals surface area contributed by atoms with Gasteiger partial charge < -0.3 is 29.2 Å². The van der Waals surface area contributed by atoms with E-state index in [-0.39, 0.29) is 58.9 Å². The second kappa shape index (κ2) is 8.79. The van der Waals surface area contributed by atoms with Crippen LogP contribution in [0.15, 0.2) is 75.9 Å². The molecule has 1 aliphatic heterocycles. The number of halogens is 2. The van der Waals surface area contributed by atoms with Crippen molar-refractivity contribution in [2.24, 2.45) is 5.92 Å². The molecule has 0 spiro atoms. The molecule has 0 radical (unpaired) electrons. The molecule has 2 aromatic rings. The standard InChI is InChI=1S/C22H19OP.2ClH.Zr/c1-14-8-9-18-17(11-14)13-19(20-6-4-10-23-20)22(18)24-15(2)12-16-5-3-7-21(16)24;;;/h3-13,16,22H,1-2H3;2*1H;/q;;;+2/p-2. The van der Waals surface area contributed by atoms with Gasteiger partial charge in [0.1, 0.15) is 5.76 Å². The van der Waals surface area contributed by atoms with Crippen LogP contribution in [0, 0.1) is 12.8 Å². The van der Waals surface area contributed by atoms with Crippen LogP contribution in [0.3, 0.4) is 0 Å². The van der Waals surface area contributed by atoms with Crippen molar-refractivity contribution in [3.63, 3.8) is 0 Å². The van der Waals surface area contributed by atoms with Crippen molar-refractivity contribution in [3.05, 3.63) is 94.0 Å². The fourth-order valence-electron chi connectivity index (χ4n) is 4.17. The maximum Gasteiger partial charge on any atom is 2.00 e. The van der Waals surface area contributed by atoms with E-state index < -0.39 is 0 Å². The molecule has 0 bridgehead atoms. The Morgan fingerprint density at radius 3 is 2.63 bits per heavy atom. The zero-order valence-corrected chi connectivity index (χ0v) is 20.0. The minimum Gasteiger partial charge on any atom is -1.00 e. The number of hydrogen-bond acceptors (Lipinski definition) is 1. The first kappa shape index (κ1) is 22.6. The molecule has 5 rings (SSSR count). The van der Waals surface area contributed by atoms with Crippen LogP contribution < -0.4 is 24.8 Å². The minimum absolute atomic E-state index is 0. The summed E-state index contributed by atoms with van der Waals surface area (Å²) in [4.78, 5) is 0. The molecule has 0 amide bonds. The van der Waals surface area contributed by atoms with Gasteiger partial charge >= 0.3 is 26.2 Å². The molecule has 0 fully saturated rings. The molecule has 2 aliphatic carbocycles. The monoisotopic (exact) mass is 490 g/mol. The Morgan fingerprint density at radius 2 is 1.89 bits per heavy atom. The van der Waals surface area contributed by atoms with E-state index >= 15 is 0 Å². The predicted molar refractivity (Wildman–Crippen MR) is 102 cm³/mol. The SMILES string of the molecule is CC1=CC2C=CC=C2P1C1C(c2ccco2)=Cc2cc(C)ccc21.[Cl-].[Cl-].[Zr+2]. The van der Waals surface area contributed by atoms with Gasteiger partial charge in [-0.05, 0) is 61.7 Å². The molecule has 0 saturated carbocycles. The summed E-state index contributed by atoms with van der Waals surface area (Å²) >= 11 is 0. The molecule has 136 valence electrons. The topological polar surface area (TPSA) is 13.1 Å². The summed E-state index contributed by atoms with van der Waals surface area (Å²) in [6.45, 7) is 4.48. The maximum atomic E-state index is 5.80. The average molecular weight is 492 g/mol. The van der Waals surface area contributed by atoms with Crippen LogP contribution >= 0.6 is 7.92 Å². The van der Waals surface area contributed by atoms with Crippen LogP contribution in [0.2, 0.25) is 0 Å². The molecule has 2 heterocycles. The minimum atomic E-state index is -0.357. The van der Waals surface area contributed by atoms with Crippen molar-refractivity contribution < 1.29 is 55.4 Å². The van der Waals surface area contributed by atoms with Crippen molar-refractivity contribution in [1.29, 1.82) is 0 Å². The van der Waals surface area contributed by atoms with Crippen LogP contribution in [-0.2, 0) is 26.2 Å². The number of allylic oxidation sites excluding steroid dienone is 7. The van der Waals surface area contributed by atoms with Gasteiger partial charge in [0.15, 0.2) is 0 Å². The first-order valence-electron chi connectivity index (χ1n) is 8.44. The van der Waals surface area contributed by atoms with Crippen molar-refractivity contribution in [3.8, 4) is 0 Å². The quantitative estimate of drug-likeness (QED) is 0.562. The van der Waals surface area contributed by atoms with Gasteiger partial charge in [0.25, 0.3) is 0 Å². The van der Waals surface area contributed by atoms with E-state index in [0.717, 1.165) is 5.76 Å². The summed E-state index contributed by atoms with van der Waals surface area (Å²) in [5.74, 6) is 1.53. The van der Waals surface area contributed by atoms with Crippen molar-refractivity contribution >= 4 is 19.6 Å². The number of rotatable bonds is 2. The van der Waals surface area contributed by atoms with E-state index in [4.69, 9.17) is 4.42 Å². The number of benzene rings is 1. The van der Waals surface area contributed by atoms with E-state index in [1.807, 2.05) is 6.07 Å². The number of hydrogen-bond donors (Lipinski definition) is 0. The third-order valence-corrected chi connectivity index (χ3v) is 8.20. The average Bonchev–Trinajstić information content (AvgIpc) is 3.29. The van der Waals surface area contributed by atoms with E-state index in [2.05, 4.69) is 68.5 Å². The largest absolute Gasteiger partial charge is 2.00 e. The van der Waals surface area contributed by atoms with Crippen LogP contribution in [0.4, 0.5) is 0 Å². The number of aryl methyl sites for hydroxylation is 1. The number of furan rings is 1. The van der Waals surface area contributed by atoms with Crippen molar-refractivity contribution in [1.82, 2.24) is 0 Å². The summed E-state index contributed by atoms with van der Waals surface area (Å²) in [5.41, 5.74) is 5.88. The molecule has 1 aromatic carbocycles. The van der Waals surface area contributed by atoms with Gasteiger partial charge in [0, 0.05) is 17.2 Å². The Hall–Kier alpha value is -0.647. The molecule has 0 N–H and O–H groups in total. The molecule has 5 heteroatoms. The summed E-state index contributed by atoms with van der Waals surface area (Å²) in [5, 5.41) is 3.14. The second-order valence-electron chi connectivity index (χ2n) is 6.79. The predicted octanol–water partition coefficient (Wildman–Crippen LogP) is 0.658. The Labute approximate surface area is 193 Å². The van der Waals surface area contributed by atoms with E-state index in [9.17, 15) is 0 Å². The van der Waals surface area contributed by atoms with Gasteiger partial charge in [0.2, 0.25) is 0 Å². The van der Waals surface area contributed by atoms with Gasteiger partial charge in [-0.15, -0.1) is 0 Å². The smallest absolute Gasteiger partial charge is 1.00 e. The Bertz CT molecular complexity index is 957. The third kappa shape index (κ3) is 3.67. The molecule has 3 aliphatic rings. The summed E-state index contributed by atoms with van der Waals surface area (Å²) in [6.07, 6.45) is 13.5. The fourth-order valence-corrected chi connectivity index (χ4v) is 7.33. The van der Waals surface area contributed by atoms with Gasteiger partial charge in [-0.1, -0.05) is 48.1 Å². The Balaban J connectivity index is 0.000000871. The van der Waals surface area contributed by atoms with Gasteiger partial charge in [-0.2, -0.15) is 0 Å². The Kier molecular flexibility index (Phi) is 7.37. The zero-order chi connectivity index (χ0) is 16.3. The third-order valence-electron chi connectivity index (χ3n) is 5.21. The second-order valence-corrected chi connectivity index (χ2v) is 9.27. The zero-order valence-electron chi connectivity index (χ0n) is 15.1. The van der Waals surface area contributed by atoms with E-state index in [1.165, 1.54) is 22.3 Å². The normalized spacial score (nSPS) is 23.9. The maximum absolute atomic E-state index is 5.80. The van der Waals surface area contributed by atoms with Gasteiger partial charge in [-0.25, -0.2) is 0 Å². The van der Waals surface area contributed by atoms with Crippen LogP contribution in [-0.4, -0.2) is 0 Å². The molecule has 3 atom stereocenters. The van der Waals surface area contributed by atoms with Crippen molar-refractivity contribution in [2.45, 2.75) is 19.5 Å². The first-order chi connectivity index (χ1) is 11.7. The molecule has 27 heavy (non-hydrogen) atoms.